The van der Waals surface area contributed by atoms with E-state index in [4.69, 9.17) is 9.84 Å². The molecule has 2 unspecified atom stereocenters. The first-order valence-electron chi connectivity index (χ1n) is 4.76. The molecule has 76 valence electrons. The molecule has 0 aromatic carbocycles. The predicted octanol–water partition coefficient (Wildman–Crippen LogP) is 0.0525. The molecule has 0 saturated carbocycles. The SMILES string of the molecule is CC(NC(=O)CO)C1CCCCO1. The van der Waals surface area contributed by atoms with Gasteiger partial charge in [-0.1, -0.05) is 0 Å². The lowest BCUT2D eigenvalue weighted by atomic mass is 10.0. The van der Waals surface area contributed by atoms with Crippen LogP contribution in [0.1, 0.15) is 26.2 Å². The molecular weight excluding hydrogens is 170 g/mol. The number of carbonyl (C=O) groups is 1. The Kier molecular flexibility index (Phi) is 4.18. The van der Waals surface area contributed by atoms with Gasteiger partial charge in [0.05, 0.1) is 12.1 Å². The standard InChI is InChI=1S/C9H17NO3/c1-7(10-9(12)6-11)8-4-2-3-5-13-8/h7-8,11H,2-6H2,1H3,(H,10,12). The number of nitrogens with one attached hydrogen (secondary N) is 1. The number of hydrogen-bond donors (Lipinski definition) is 2. The van der Waals surface area contributed by atoms with Crippen molar-refractivity contribution in [1.29, 1.82) is 0 Å². The fraction of sp³-hybridized carbons (Fsp3) is 0.889. The Morgan fingerprint density at radius 1 is 1.69 bits per heavy atom. The molecular formula is C9H17NO3. The maximum absolute atomic E-state index is 10.8. The molecule has 0 radical (unpaired) electrons. The number of amides is 1. The number of aliphatic hydroxyl groups excluding tert-OH is 1. The molecule has 1 heterocycles. The third-order valence-corrected chi connectivity index (χ3v) is 2.30. The Morgan fingerprint density at radius 2 is 2.46 bits per heavy atom. The molecule has 2 N–H and O–H groups in total. The third kappa shape index (κ3) is 3.32. The van der Waals surface area contributed by atoms with Crippen molar-refractivity contribution in [3.05, 3.63) is 0 Å². The van der Waals surface area contributed by atoms with E-state index in [1.807, 2.05) is 6.92 Å². The van der Waals surface area contributed by atoms with Gasteiger partial charge in [-0.2, -0.15) is 0 Å². The summed E-state index contributed by atoms with van der Waals surface area (Å²) < 4.78 is 5.49. The summed E-state index contributed by atoms with van der Waals surface area (Å²) in [7, 11) is 0. The fourth-order valence-corrected chi connectivity index (χ4v) is 1.55. The van der Waals surface area contributed by atoms with E-state index in [9.17, 15) is 4.79 Å². The van der Waals surface area contributed by atoms with Crippen LogP contribution in [0.15, 0.2) is 0 Å². The van der Waals surface area contributed by atoms with Crippen LogP contribution in [-0.2, 0) is 9.53 Å². The third-order valence-electron chi connectivity index (χ3n) is 2.30. The zero-order valence-corrected chi connectivity index (χ0v) is 7.95. The highest BCUT2D eigenvalue weighted by Crippen LogP contribution is 2.15. The lowest BCUT2D eigenvalue weighted by Gasteiger charge is -2.28. The van der Waals surface area contributed by atoms with E-state index in [1.54, 1.807) is 0 Å². The number of hydrogen-bond acceptors (Lipinski definition) is 3. The highest BCUT2D eigenvalue weighted by molar-refractivity contribution is 5.77. The van der Waals surface area contributed by atoms with Crippen LogP contribution in [-0.4, -0.2) is 36.4 Å². The Balaban J connectivity index is 2.28. The van der Waals surface area contributed by atoms with Gasteiger partial charge in [0.2, 0.25) is 5.91 Å². The molecule has 2 atom stereocenters. The molecule has 13 heavy (non-hydrogen) atoms. The van der Waals surface area contributed by atoms with Crippen LogP contribution >= 0.6 is 0 Å². The van der Waals surface area contributed by atoms with E-state index in [-0.39, 0.29) is 18.1 Å². The lowest BCUT2D eigenvalue weighted by Crippen LogP contribution is -2.44. The molecule has 1 fully saturated rings. The first-order valence-corrected chi connectivity index (χ1v) is 4.76. The molecule has 0 bridgehead atoms. The summed E-state index contributed by atoms with van der Waals surface area (Å²) in [5.41, 5.74) is 0. The minimum absolute atomic E-state index is 0.0000463. The number of rotatable bonds is 3. The Morgan fingerprint density at radius 3 is 3.00 bits per heavy atom. The van der Waals surface area contributed by atoms with E-state index >= 15 is 0 Å². The van der Waals surface area contributed by atoms with Gasteiger partial charge >= 0.3 is 0 Å². The average Bonchev–Trinajstić information content (AvgIpc) is 2.19. The monoisotopic (exact) mass is 187 g/mol. The molecule has 0 aliphatic carbocycles. The normalized spacial score (nSPS) is 25.2. The fourth-order valence-electron chi connectivity index (χ4n) is 1.55. The van der Waals surface area contributed by atoms with E-state index < -0.39 is 6.61 Å². The molecule has 0 spiro atoms. The summed E-state index contributed by atoms with van der Waals surface area (Å²) in [6.45, 7) is 2.24. The number of carbonyl (C=O) groups excluding carboxylic acids is 1. The van der Waals surface area contributed by atoms with Crippen molar-refractivity contribution < 1.29 is 14.6 Å². The first-order chi connectivity index (χ1) is 6.24. The van der Waals surface area contributed by atoms with Gasteiger partial charge < -0.3 is 15.2 Å². The second-order valence-corrected chi connectivity index (χ2v) is 3.42. The summed E-state index contributed by atoms with van der Waals surface area (Å²) in [4.78, 5) is 10.8. The largest absolute Gasteiger partial charge is 0.387 e. The molecule has 1 amide bonds. The van der Waals surface area contributed by atoms with Crippen molar-refractivity contribution >= 4 is 5.91 Å². The van der Waals surface area contributed by atoms with Gasteiger partial charge in [-0.05, 0) is 26.2 Å². The Hall–Kier alpha value is -0.610. The second kappa shape index (κ2) is 5.19. The molecule has 1 aliphatic heterocycles. The van der Waals surface area contributed by atoms with E-state index in [0.29, 0.717) is 0 Å². The molecule has 0 aromatic rings. The Labute approximate surface area is 78.3 Å². The molecule has 1 rings (SSSR count). The van der Waals surface area contributed by atoms with E-state index in [1.165, 1.54) is 0 Å². The summed E-state index contributed by atoms with van der Waals surface area (Å²) in [6, 6.07) is -0.0000463. The van der Waals surface area contributed by atoms with Gasteiger partial charge in [-0.15, -0.1) is 0 Å². The van der Waals surface area contributed by atoms with Gasteiger partial charge in [-0.3, -0.25) is 4.79 Å². The minimum atomic E-state index is -0.447. The zero-order valence-electron chi connectivity index (χ0n) is 7.95. The van der Waals surface area contributed by atoms with Crippen LogP contribution in [0.3, 0.4) is 0 Å². The van der Waals surface area contributed by atoms with Crippen molar-refractivity contribution in [3.63, 3.8) is 0 Å². The van der Waals surface area contributed by atoms with Crippen LogP contribution in [0, 0.1) is 0 Å². The van der Waals surface area contributed by atoms with Crippen LogP contribution < -0.4 is 5.32 Å². The van der Waals surface area contributed by atoms with Gasteiger partial charge in [0, 0.05) is 6.61 Å². The van der Waals surface area contributed by atoms with Gasteiger partial charge in [0.25, 0.3) is 0 Å². The maximum atomic E-state index is 10.8. The van der Waals surface area contributed by atoms with Gasteiger partial charge in [0.15, 0.2) is 0 Å². The topological polar surface area (TPSA) is 58.6 Å². The average molecular weight is 187 g/mol. The van der Waals surface area contributed by atoms with Gasteiger partial charge in [0.1, 0.15) is 6.61 Å². The molecule has 0 aromatic heterocycles. The van der Waals surface area contributed by atoms with Crippen molar-refractivity contribution in [2.75, 3.05) is 13.2 Å². The van der Waals surface area contributed by atoms with E-state index in [0.717, 1.165) is 25.9 Å². The summed E-state index contributed by atoms with van der Waals surface area (Å²) >= 11 is 0. The highest BCUT2D eigenvalue weighted by atomic mass is 16.5. The highest BCUT2D eigenvalue weighted by Gasteiger charge is 2.21. The lowest BCUT2D eigenvalue weighted by molar-refractivity contribution is -0.126. The maximum Gasteiger partial charge on any atom is 0.246 e. The van der Waals surface area contributed by atoms with Crippen LogP contribution in [0.4, 0.5) is 0 Å². The number of ether oxygens (including phenoxy) is 1. The Bertz CT molecular complexity index is 166. The van der Waals surface area contributed by atoms with Crippen LogP contribution in [0.2, 0.25) is 0 Å². The van der Waals surface area contributed by atoms with Crippen LogP contribution in [0.25, 0.3) is 0 Å². The second-order valence-electron chi connectivity index (χ2n) is 3.42. The first kappa shape index (κ1) is 10.5. The van der Waals surface area contributed by atoms with Crippen molar-refractivity contribution in [1.82, 2.24) is 5.32 Å². The van der Waals surface area contributed by atoms with Crippen molar-refractivity contribution in [2.45, 2.75) is 38.3 Å². The zero-order chi connectivity index (χ0) is 9.68. The molecule has 4 nitrogen and oxygen atoms in total. The van der Waals surface area contributed by atoms with E-state index in [2.05, 4.69) is 5.32 Å². The number of aliphatic hydroxyl groups is 1. The van der Waals surface area contributed by atoms with Crippen LogP contribution in [0.5, 0.6) is 0 Å². The van der Waals surface area contributed by atoms with Crippen molar-refractivity contribution in [2.24, 2.45) is 0 Å². The summed E-state index contributed by atoms with van der Waals surface area (Å²) in [6.07, 6.45) is 3.37. The van der Waals surface area contributed by atoms with Crippen molar-refractivity contribution in [3.8, 4) is 0 Å². The smallest absolute Gasteiger partial charge is 0.246 e. The quantitative estimate of drug-likeness (QED) is 0.656. The molecule has 1 saturated heterocycles. The predicted molar refractivity (Wildman–Crippen MR) is 48.3 cm³/mol. The summed E-state index contributed by atoms with van der Waals surface area (Å²) in [5, 5.41) is 11.2. The minimum Gasteiger partial charge on any atom is -0.387 e. The van der Waals surface area contributed by atoms with Gasteiger partial charge in [-0.25, -0.2) is 0 Å². The molecule has 1 aliphatic rings. The molecule has 4 heteroatoms. The summed E-state index contributed by atoms with van der Waals surface area (Å²) in [5.74, 6) is -0.332.